The summed E-state index contributed by atoms with van der Waals surface area (Å²) in [7, 11) is 2.09. The molecule has 0 unspecified atom stereocenters. The summed E-state index contributed by atoms with van der Waals surface area (Å²) in [6.07, 6.45) is 5.58. The van der Waals surface area contributed by atoms with Crippen LogP contribution in [0.4, 0.5) is 0 Å². The van der Waals surface area contributed by atoms with E-state index in [2.05, 4.69) is 51.0 Å². The molecule has 1 saturated carbocycles. The SMILES string of the molecule is Cn1c(CN(CCCO)[C@H]2CCc3ccccc32)nnc1C1CC1. The number of aliphatic hydroxyl groups excluding tert-OH is 1. The third kappa shape index (κ3) is 2.98. The predicted molar refractivity (Wildman–Crippen MR) is 92.6 cm³/mol. The second-order valence-corrected chi connectivity index (χ2v) is 7.11. The smallest absolute Gasteiger partial charge is 0.146 e. The fourth-order valence-electron chi connectivity index (χ4n) is 3.92. The summed E-state index contributed by atoms with van der Waals surface area (Å²) < 4.78 is 2.18. The Morgan fingerprint density at radius 2 is 2.04 bits per heavy atom. The Morgan fingerprint density at radius 3 is 2.83 bits per heavy atom. The maximum atomic E-state index is 9.30. The van der Waals surface area contributed by atoms with Gasteiger partial charge in [-0.2, -0.15) is 0 Å². The minimum absolute atomic E-state index is 0.233. The first-order chi connectivity index (χ1) is 11.8. The van der Waals surface area contributed by atoms with Crippen molar-refractivity contribution in [3.8, 4) is 0 Å². The van der Waals surface area contributed by atoms with Crippen LogP contribution in [0.15, 0.2) is 24.3 Å². The first-order valence-electron chi connectivity index (χ1n) is 9.09. The number of fused-ring (bicyclic) bond motifs is 1. The Hall–Kier alpha value is -1.72. The molecule has 24 heavy (non-hydrogen) atoms. The van der Waals surface area contributed by atoms with Crippen molar-refractivity contribution < 1.29 is 5.11 Å². The molecular formula is C19H26N4O. The zero-order valence-electron chi connectivity index (χ0n) is 14.4. The molecule has 1 aromatic heterocycles. The lowest BCUT2D eigenvalue weighted by Gasteiger charge is -2.29. The highest BCUT2D eigenvalue weighted by Gasteiger charge is 2.31. The predicted octanol–water partition coefficient (Wildman–Crippen LogP) is 2.56. The van der Waals surface area contributed by atoms with Gasteiger partial charge in [0.15, 0.2) is 0 Å². The largest absolute Gasteiger partial charge is 0.396 e. The molecule has 1 fully saturated rings. The summed E-state index contributed by atoms with van der Waals surface area (Å²) in [5, 5.41) is 18.2. The number of rotatable bonds is 7. The first-order valence-corrected chi connectivity index (χ1v) is 9.09. The van der Waals surface area contributed by atoms with Crippen LogP contribution in [0.25, 0.3) is 0 Å². The Kier molecular flexibility index (Phi) is 4.37. The maximum Gasteiger partial charge on any atom is 0.146 e. The number of hydrogen-bond donors (Lipinski definition) is 1. The summed E-state index contributed by atoms with van der Waals surface area (Å²) in [5.74, 6) is 2.80. The van der Waals surface area contributed by atoms with E-state index in [1.165, 1.54) is 24.0 Å². The minimum Gasteiger partial charge on any atom is -0.396 e. The van der Waals surface area contributed by atoms with Crippen molar-refractivity contribution in [2.45, 2.75) is 50.6 Å². The van der Waals surface area contributed by atoms with Gasteiger partial charge in [0, 0.05) is 32.2 Å². The highest BCUT2D eigenvalue weighted by Crippen LogP contribution is 2.39. The molecule has 2 aromatic rings. The zero-order valence-corrected chi connectivity index (χ0v) is 14.4. The monoisotopic (exact) mass is 326 g/mol. The van der Waals surface area contributed by atoms with E-state index >= 15 is 0 Å². The van der Waals surface area contributed by atoms with E-state index in [0.29, 0.717) is 12.0 Å². The summed E-state index contributed by atoms with van der Waals surface area (Å²) in [4.78, 5) is 2.47. The van der Waals surface area contributed by atoms with Crippen LogP contribution in [0.5, 0.6) is 0 Å². The third-order valence-corrected chi connectivity index (χ3v) is 5.43. The quantitative estimate of drug-likeness (QED) is 0.850. The normalized spacial score (nSPS) is 19.9. The van der Waals surface area contributed by atoms with Crippen LogP contribution in [-0.2, 0) is 20.0 Å². The molecule has 0 bridgehead atoms. The van der Waals surface area contributed by atoms with Gasteiger partial charge < -0.3 is 9.67 Å². The standard InChI is InChI=1S/C19H26N4O/c1-22-18(20-21-19(22)15-7-8-15)13-23(11-4-12-24)17-10-9-14-5-2-3-6-16(14)17/h2-3,5-6,15,17,24H,4,7-13H2,1H3/t17-/m0/s1. The summed E-state index contributed by atoms with van der Waals surface area (Å²) >= 11 is 0. The van der Waals surface area contributed by atoms with Gasteiger partial charge in [0.05, 0.1) is 6.54 Å². The van der Waals surface area contributed by atoms with Gasteiger partial charge in [-0.05, 0) is 43.2 Å². The summed E-state index contributed by atoms with van der Waals surface area (Å²) in [5.41, 5.74) is 2.91. The molecule has 1 aromatic carbocycles. The molecule has 0 aliphatic heterocycles. The van der Waals surface area contributed by atoms with Crippen molar-refractivity contribution in [3.05, 3.63) is 47.0 Å². The number of benzene rings is 1. The van der Waals surface area contributed by atoms with E-state index in [9.17, 15) is 5.11 Å². The van der Waals surface area contributed by atoms with E-state index in [-0.39, 0.29) is 6.61 Å². The number of nitrogens with zero attached hydrogens (tertiary/aromatic N) is 4. The van der Waals surface area contributed by atoms with Gasteiger partial charge in [-0.25, -0.2) is 0 Å². The van der Waals surface area contributed by atoms with Gasteiger partial charge in [0.1, 0.15) is 11.6 Å². The fraction of sp³-hybridized carbons (Fsp3) is 0.579. The van der Waals surface area contributed by atoms with Crippen molar-refractivity contribution in [1.29, 1.82) is 0 Å². The van der Waals surface area contributed by atoms with Crippen molar-refractivity contribution >= 4 is 0 Å². The second-order valence-electron chi connectivity index (χ2n) is 7.11. The third-order valence-electron chi connectivity index (χ3n) is 5.43. The fourth-order valence-corrected chi connectivity index (χ4v) is 3.92. The molecule has 2 aliphatic rings. The molecule has 4 rings (SSSR count). The second kappa shape index (κ2) is 6.65. The van der Waals surface area contributed by atoms with Crippen molar-refractivity contribution in [2.24, 2.45) is 7.05 Å². The number of aryl methyl sites for hydroxylation is 1. The number of aliphatic hydroxyl groups is 1. The molecule has 0 amide bonds. The molecule has 0 spiro atoms. The van der Waals surface area contributed by atoms with Gasteiger partial charge in [0.2, 0.25) is 0 Å². The van der Waals surface area contributed by atoms with E-state index in [0.717, 1.165) is 44.0 Å². The number of aromatic nitrogens is 3. The molecule has 1 N–H and O–H groups in total. The van der Waals surface area contributed by atoms with Crippen LogP contribution in [0.1, 0.15) is 60.4 Å². The van der Waals surface area contributed by atoms with Crippen molar-refractivity contribution in [3.63, 3.8) is 0 Å². The average Bonchev–Trinajstić information content (AvgIpc) is 3.25. The van der Waals surface area contributed by atoms with Gasteiger partial charge in [0.25, 0.3) is 0 Å². The molecule has 1 atom stereocenters. The molecule has 0 saturated heterocycles. The van der Waals surface area contributed by atoms with Crippen LogP contribution >= 0.6 is 0 Å². The number of hydrogen-bond acceptors (Lipinski definition) is 4. The van der Waals surface area contributed by atoms with Crippen LogP contribution in [0.3, 0.4) is 0 Å². The highest BCUT2D eigenvalue weighted by molar-refractivity contribution is 5.34. The van der Waals surface area contributed by atoms with Crippen molar-refractivity contribution in [2.75, 3.05) is 13.2 Å². The Morgan fingerprint density at radius 1 is 1.21 bits per heavy atom. The lowest BCUT2D eigenvalue weighted by molar-refractivity contribution is 0.160. The molecule has 5 nitrogen and oxygen atoms in total. The van der Waals surface area contributed by atoms with E-state index in [1.807, 2.05) is 0 Å². The van der Waals surface area contributed by atoms with E-state index in [1.54, 1.807) is 0 Å². The minimum atomic E-state index is 0.233. The summed E-state index contributed by atoms with van der Waals surface area (Å²) in [6, 6.07) is 9.19. The Balaban J connectivity index is 1.56. The molecule has 1 heterocycles. The van der Waals surface area contributed by atoms with Crippen LogP contribution in [0, 0.1) is 0 Å². The van der Waals surface area contributed by atoms with Crippen LogP contribution < -0.4 is 0 Å². The average molecular weight is 326 g/mol. The first kappa shape index (κ1) is 15.8. The van der Waals surface area contributed by atoms with Crippen LogP contribution in [-0.4, -0.2) is 37.9 Å². The van der Waals surface area contributed by atoms with Gasteiger partial charge in [-0.15, -0.1) is 10.2 Å². The highest BCUT2D eigenvalue weighted by atomic mass is 16.3. The maximum absolute atomic E-state index is 9.30. The molecule has 2 aliphatic carbocycles. The molecule has 5 heteroatoms. The Labute approximate surface area is 143 Å². The Bertz CT molecular complexity index is 707. The van der Waals surface area contributed by atoms with E-state index < -0.39 is 0 Å². The lowest BCUT2D eigenvalue weighted by atomic mass is 10.1. The topological polar surface area (TPSA) is 54.2 Å². The molecule has 128 valence electrons. The van der Waals surface area contributed by atoms with Crippen LogP contribution in [0.2, 0.25) is 0 Å². The van der Waals surface area contributed by atoms with Gasteiger partial charge in [-0.1, -0.05) is 24.3 Å². The molecular weight excluding hydrogens is 300 g/mol. The van der Waals surface area contributed by atoms with Gasteiger partial charge >= 0.3 is 0 Å². The summed E-state index contributed by atoms with van der Waals surface area (Å²) in [6.45, 7) is 1.92. The van der Waals surface area contributed by atoms with E-state index in [4.69, 9.17) is 0 Å². The molecule has 0 radical (unpaired) electrons. The van der Waals surface area contributed by atoms with Crippen molar-refractivity contribution in [1.82, 2.24) is 19.7 Å². The lowest BCUT2D eigenvalue weighted by Crippen LogP contribution is -2.30. The van der Waals surface area contributed by atoms with Gasteiger partial charge in [-0.3, -0.25) is 4.90 Å². The zero-order chi connectivity index (χ0) is 16.5.